The van der Waals surface area contributed by atoms with E-state index in [1.54, 1.807) is 0 Å². The molecule has 0 amide bonds. The monoisotopic (exact) mass is 450 g/mol. The zero-order chi connectivity index (χ0) is 23.3. The number of aliphatic hydroxyl groups is 3. The van der Waals surface area contributed by atoms with Crippen LogP contribution < -0.4 is 10.2 Å². The van der Waals surface area contributed by atoms with E-state index in [0.717, 1.165) is 24.3 Å². The van der Waals surface area contributed by atoms with Crippen LogP contribution in [0.3, 0.4) is 0 Å². The van der Waals surface area contributed by atoms with Gasteiger partial charge < -0.3 is 54.7 Å². The minimum absolute atomic E-state index is 0.166. The molecule has 0 spiro atoms. The lowest BCUT2D eigenvalue weighted by Crippen LogP contribution is -2.55. The number of rotatable bonds is 3. The third kappa shape index (κ3) is 3.50. The largest absolute Gasteiger partial charge is 0.508 e. The van der Waals surface area contributed by atoms with Crippen molar-refractivity contribution in [3.8, 4) is 45.8 Å². The number of benzene rings is 2. The molecule has 2 aromatic carbocycles. The molecule has 170 valence electrons. The maximum absolute atomic E-state index is 13.2. The van der Waals surface area contributed by atoms with E-state index in [4.69, 9.17) is 13.9 Å². The minimum atomic E-state index is -1.78. The summed E-state index contributed by atoms with van der Waals surface area (Å²) in [5, 5.41) is 78.4. The summed E-state index contributed by atoms with van der Waals surface area (Å²) in [5.74, 6) is -4.54. The first kappa shape index (κ1) is 21.5. The normalized spacial score (nSPS) is 23.3. The lowest BCUT2D eigenvalue weighted by molar-refractivity contribution is -0.242. The molecule has 0 bridgehead atoms. The molecule has 32 heavy (non-hydrogen) atoms. The molecule has 0 saturated carbocycles. The maximum atomic E-state index is 13.2. The van der Waals surface area contributed by atoms with Crippen molar-refractivity contribution in [3.05, 3.63) is 34.5 Å². The highest BCUT2D eigenvalue weighted by molar-refractivity contribution is 5.88. The topological polar surface area (TPSA) is 211 Å². The fourth-order valence-electron chi connectivity index (χ4n) is 3.30. The van der Waals surface area contributed by atoms with Gasteiger partial charge in [0.15, 0.2) is 23.0 Å². The molecule has 1 unspecified atom stereocenters. The van der Waals surface area contributed by atoms with Crippen LogP contribution in [0.2, 0.25) is 0 Å². The van der Waals surface area contributed by atoms with Crippen LogP contribution in [0.25, 0.3) is 22.3 Å². The van der Waals surface area contributed by atoms with Crippen molar-refractivity contribution >= 4 is 11.0 Å². The van der Waals surface area contributed by atoms with Crippen LogP contribution in [0.5, 0.6) is 34.5 Å². The van der Waals surface area contributed by atoms with Gasteiger partial charge in [0.2, 0.25) is 17.5 Å². The van der Waals surface area contributed by atoms with Crippen LogP contribution in [0.15, 0.2) is 33.5 Å². The first-order valence-corrected chi connectivity index (χ1v) is 9.19. The fourth-order valence-corrected chi connectivity index (χ4v) is 3.30. The Labute approximate surface area is 178 Å². The zero-order valence-corrected chi connectivity index (χ0v) is 16.0. The first-order valence-electron chi connectivity index (χ1n) is 9.19. The van der Waals surface area contributed by atoms with Crippen molar-refractivity contribution in [2.24, 2.45) is 0 Å². The predicted octanol–water partition coefficient (Wildman–Crippen LogP) is -0.194. The Kier molecular flexibility index (Phi) is 5.22. The van der Waals surface area contributed by atoms with E-state index in [2.05, 4.69) is 0 Å². The molecular weight excluding hydrogens is 432 g/mol. The number of aliphatic hydroxyl groups excluding tert-OH is 3. The summed E-state index contributed by atoms with van der Waals surface area (Å²) in [6, 6.07) is 3.78. The highest BCUT2D eigenvalue weighted by Crippen LogP contribution is 2.42. The molecule has 12 heteroatoms. The zero-order valence-electron chi connectivity index (χ0n) is 16.0. The van der Waals surface area contributed by atoms with Gasteiger partial charge in [0.1, 0.15) is 40.8 Å². The van der Waals surface area contributed by atoms with Crippen LogP contribution in [-0.4, -0.2) is 72.1 Å². The molecule has 0 aliphatic carbocycles. The summed E-state index contributed by atoms with van der Waals surface area (Å²) < 4.78 is 16.2. The quantitative estimate of drug-likeness (QED) is 0.244. The average molecular weight is 450 g/mol. The summed E-state index contributed by atoms with van der Waals surface area (Å²) in [4.78, 5) is 13.2. The number of fused-ring (bicyclic) bond motifs is 1. The van der Waals surface area contributed by atoms with Crippen molar-refractivity contribution in [2.45, 2.75) is 24.6 Å². The van der Waals surface area contributed by atoms with E-state index in [9.17, 15) is 45.6 Å². The van der Waals surface area contributed by atoms with E-state index in [1.807, 2.05) is 0 Å². The van der Waals surface area contributed by atoms with Crippen molar-refractivity contribution in [1.29, 1.82) is 0 Å². The third-order valence-corrected chi connectivity index (χ3v) is 4.94. The molecular formula is C20H18O12. The molecule has 1 aliphatic heterocycles. The van der Waals surface area contributed by atoms with Crippen LogP contribution >= 0.6 is 0 Å². The summed E-state index contributed by atoms with van der Waals surface area (Å²) in [5.41, 5.74) is -1.44. The van der Waals surface area contributed by atoms with E-state index in [0.29, 0.717) is 0 Å². The van der Waals surface area contributed by atoms with Gasteiger partial charge in [0.05, 0.1) is 6.61 Å². The van der Waals surface area contributed by atoms with Crippen molar-refractivity contribution in [1.82, 2.24) is 0 Å². The number of hydrogen-bond donors (Lipinski definition) is 8. The summed E-state index contributed by atoms with van der Waals surface area (Å²) in [6.07, 6.45) is -6.49. The van der Waals surface area contributed by atoms with Gasteiger partial charge >= 0.3 is 0 Å². The Morgan fingerprint density at radius 2 is 1.53 bits per heavy atom. The van der Waals surface area contributed by atoms with Gasteiger partial charge in [0.25, 0.3) is 0 Å². The van der Waals surface area contributed by atoms with Gasteiger partial charge in [-0.3, -0.25) is 4.79 Å². The molecule has 1 aliphatic rings. The second-order valence-electron chi connectivity index (χ2n) is 7.16. The average Bonchev–Trinajstić information content (AvgIpc) is 2.72. The Morgan fingerprint density at radius 3 is 2.19 bits per heavy atom. The first-order chi connectivity index (χ1) is 15.1. The van der Waals surface area contributed by atoms with Crippen molar-refractivity contribution in [2.75, 3.05) is 6.61 Å². The Bertz CT molecular complexity index is 1230. The van der Waals surface area contributed by atoms with Crippen LogP contribution in [-0.2, 0) is 4.74 Å². The van der Waals surface area contributed by atoms with Gasteiger partial charge in [-0.2, -0.15) is 0 Å². The summed E-state index contributed by atoms with van der Waals surface area (Å²) in [6.45, 7) is -0.433. The summed E-state index contributed by atoms with van der Waals surface area (Å²) in [7, 11) is 0. The molecule has 4 atom stereocenters. The molecule has 4 rings (SSSR count). The van der Waals surface area contributed by atoms with Gasteiger partial charge in [-0.25, -0.2) is 0 Å². The molecule has 3 aromatic rings. The number of hydrogen-bond acceptors (Lipinski definition) is 12. The minimum Gasteiger partial charge on any atom is -0.508 e. The second-order valence-corrected chi connectivity index (χ2v) is 7.16. The van der Waals surface area contributed by atoms with E-state index >= 15 is 0 Å². The highest BCUT2D eigenvalue weighted by Gasteiger charge is 2.40. The van der Waals surface area contributed by atoms with Crippen molar-refractivity contribution < 1.29 is 54.7 Å². The molecule has 1 aromatic heterocycles. The molecule has 12 nitrogen and oxygen atoms in total. The van der Waals surface area contributed by atoms with Crippen LogP contribution in [0.4, 0.5) is 0 Å². The van der Waals surface area contributed by atoms with Gasteiger partial charge in [0, 0.05) is 17.7 Å². The molecule has 2 heterocycles. The Morgan fingerprint density at radius 1 is 0.875 bits per heavy atom. The number of phenolic OH excluding ortho intramolecular Hbond substituents is 5. The van der Waals surface area contributed by atoms with E-state index < -0.39 is 82.3 Å². The fraction of sp³-hybridized carbons (Fsp3) is 0.250. The predicted molar refractivity (Wildman–Crippen MR) is 105 cm³/mol. The number of ether oxygens (including phenoxy) is 2. The van der Waals surface area contributed by atoms with E-state index in [1.165, 1.54) is 0 Å². The van der Waals surface area contributed by atoms with Gasteiger partial charge in [-0.1, -0.05) is 0 Å². The Hall–Kier alpha value is -3.71. The lowest BCUT2D eigenvalue weighted by atomic mass is 10.1. The van der Waals surface area contributed by atoms with E-state index in [-0.39, 0.29) is 11.1 Å². The highest BCUT2D eigenvalue weighted by atomic mass is 16.7. The molecule has 1 saturated heterocycles. The maximum Gasteiger partial charge on any atom is 0.239 e. The van der Waals surface area contributed by atoms with Gasteiger partial charge in [-0.05, 0) is 12.1 Å². The van der Waals surface area contributed by atoms with Crippen LogP contribution in [0, 0.1) is 0 Å². The third-order valence-electron chi connectivity index (χ3n) is 4.94. The van der Waals surface area contributed by atoms with Crippen molar-refractivity contribution in [3.63, 3.8) is 0 Å². The lowest BCUT2D eigenvalue weighted by Gasteiger charge is -2.34. The standard InChI is InChI=1S/C20H18O12/c21-7-3-8(22)13-12(4-7)31-18(6-1-9(23)14(26)10(24)2-6)19(16(13)28)32-20-17(29)15(27)11(25)5-30-20/h1-4,11,15,17,20-27,29H,5H2/t11-,15-,17+,20?/m1/s1. The molecule has 8 N–H and O–H groups in total. The van der Waals surface area contributed by atoms with Crippen LogP contribution in [0.1, 0.15) is 0 Å². The summed E-state index contributed by atoms with van der Waals surface area (Å²) >= 11 is 0. The smallest absolute Gasteiger partial charge is 0.239 e. The second kappa shape index (κ2) is 7.76. The number of aromatic hydroxyl groups is 5. The Balaban J connectivity index is 1.95. The number of phenols is 5. The molecule has 0 radical (unpaired) electrons. The SMILES string of the molecule is O=c1c(OC2OC[C@@H](O)[C@@H](O)[C@@H]2O)c(-c2cc(O)c(O)c(O)c2)oc2cc(O)cc(O)c12. The van der Waals surface area contributed by atoms with Gasteiger partial charge in [-0.15, -0.1) is 0 Å². The molecule has 1 fully saturated rings.